The Kier molecular flexibility index (Phi) is 5.47. The van der Waals surface area contributed by atoms with E-state index in [4.69, 9.17) is 5.11 Å². The molecule has 0 aromatic carbocycles. The molecule has 1 saturated heterocycles. The Bertz CT molecular complexity index is 544. The van der Waals surface area contributed by atoms with Crippen LogP contribution in [-0.2, 0) is 10.0 Å². The normalized spacial score (nSPS) is 21.1. The minimum Gasteiger partial charge on any atom is -0.396 e. The maximum Gasteiger partial charge on any atom is 0.245 e. The highest BCUT2D eigenvalue weighted by Crippen LogP contribution is 2.38. The molecule has 1 aliphatic rings. The fourth-order valence-electron chi connectivity index (χ4n) is 2.37. The van der Waals surface area contributed by atoms with Crippen LogP contribution in [0.25, 0.3) is 0 Å². The third-order valence-electron chi connectivity index (χ3n) is 3.23. The van der Waals surface area contributed by atoms with E-state index in [0.29, 0.717) is 21.6 Å². The summed E-state index contributed by atoms with van der Waals surface area (Å²) in [5.41, 5.74) is 0. The molecule has 1 fully saturated rings. The summed E-state index contributed by atoms with van der Waals surface area (Å²) in [4.78, 5) is 0.334. The molecule has 0 spiro atoms. The van der Waals surface area contributed by atoms with E-state index in [-0.39, 0.29) is 12.6 Å². The van der Waals surface area contributed by atoms with Gasteiger partial charge in [0, 0.05) is 19.2 Å². The number of sulfonamides is 1. The molecule has 19 heavy (non-hydrogen) atoms. The molecule has 0 bridgehead atoms. The van der Waals surface area contributed by atoms with E-state index in [0.717, 1.165) is 23.0 Å². The summed E-state index contributed by atoms with van der Waals surface area (Å²) >= 11 is 7.99. The predicted molar refractivity (Wildman–Crippen MR) is 83.0 cm³/mol. The third-order valence-corrected chi connectivity index (χ3v) is 7.94. The lowest BCUT2D eigenvalue weighted by molar-refractivity contribution is 0.264. The lowest BCUT2D eigenvalue weighted by Gasteiger charge is -2.23. The number of rotatable bonds is 5. The van der Waals surface area contributed by atoms with Crippen LogP contribution in [-0.4, -0.2) is 37.0 Å². The van der Waals surface area contributed by atoms with Crippen molar-refractivity contribution in [3.63, 3.8) is 0 Å². The van der Waals surface area contributed by atoms with Gasteiger partial charge in [0.1, 0.15) is 4.90 Å². The molecule has 2 rings (SSSR count). The zero-order valence-electron chi connectivity index (χ0n) is 10.2. The van der Waals surface area contributed by atoms with E-state index in [1.807, 2.05) is 0 Å². The van der Waals surface area contributed by atoms with Gasteiger partial charge in [-0.25, -0.2) is 8.42 Å². The summed E-state index contributed by atoms with van der Waals surface area (Å²) in [5.74, 6) is 0. The maximum atomic E-state index is 12.7. The van der Waals surface area contributed by atoms with Crippen molar-refractivity contribution >= 4 is 53.2 Å². The topological polar surface area (TPSA) is 57.6 Å². The van der Waals surface area contributed by atoms with Crippen molar-refractivity contribution in [3.05, 3.63) is 13.6 Å². The zero-order chi connectivity index (χ0) is 14.0. The lowest BCUT2D eigenvalue weighted by Crippen LogP contribution is -2.35. The van der Waals surface area contributed by atoms with E-state index >= 15 is 0 Å². The first-order valence-corrected chi connectivity index (χ1v) is 9.88. The summed E-state index contributed by atoms with van der Waals surface area (Å²) < 4.78 is 28.3. The summed E-state index contributed by atoms with van der Waals surface area (Å²) in [6.45, 7) is 0.677. The van der Waals surface area contributed by atoms with E-state index in [1.165, 1.54) is 11.3 Å². The van der Waals surface area contributed by atoms with Gasteiger partial charge in [-0.2, -0.15) is 4.31 Å². The SMILES string of the molecule is O=S(=O)(c1cc(Br)sc1Br)N1CCCC1CCCO. The van der Waals surface area contributed by atoms with Crippen LogP contribution in [0, 0.1) is 0 Å². The highest BCUT2D eigenvalue weighted by Gasteiger charge is 2.36. The van der Waals surface area contributed by atoms with Crippen LogP contribution in [0.1, 0.15) is 25.7 Å². The van der Waals surface area contributed by atoms with Gasteiger partial charge in [-0.1, -0.05) is 0 Å². The minimum atomic E-state index is -3.44. The Morgan fingerprint density at radius 3 is 2.79 bits per heavy atom. The van der Waals surface area contributed by atoms with E-state index in [2.05, 4.69) is 31.9 Å². The minimum absolute atomic E-state index is 0.0164. The van der Waals surface area contributed by atoms with Gasteiger partial charge in [0.25, 0.3) is 0 Å². The Balaban J connectivity index is 2.26. The van der Waals surface area contributed by atoms with Gasteiger partial charge in [-0.15, -0.1) is 11.3 Å². The first-order chi connectivity index (χ1) is 8.96. The van der Waals surface area contributed by atoms with Gasteiger partial charge < -0.3 is 5.11 Å². The summed E-state index contributed by atoms with van der Waals surface area (Å²) in [6.07, 6.45) is 3.13. The standard InChI is InChI=1S/C11H15Br2NO3S2/c12-10-7-9(11(13)18-10)19(16,17)14-5-1-3-8(14)4-2-6-15/h7-8,15H,1-6H2. The molecule has 2 heterocycles. The van der Waals surface area contributed by atoms with E-state index in [1.54, 1.807) is 10.4 Å². The molecular weight excluding hydrogens is 418 g/mol. The third kappa shape index (κ3) is 3.41. The second-order valence-electron chi connectivity index (χ2n) is 4.47. The molecule has 4 nitrogen and oxygen atoms in total. The Morgan fingerprint density at radius 2 is 2.21 bits per heavy atom. The second kappa shape index (κ2) is 6.53. The highest BCUT2D eigenvalue weighted by molar-refractivity contribution is 9.12. The number of aliphatic hydroxyl groups is 1. The van der Waals surface area contributed by atoms with Crippen LogP contribution in [0.15, 0.2) is 18.5 Å². The van der Waals surface area contributed by atoms with Gasteiger partial charge in [0.05, 0.1) is 7.57 Å². The molecule has 1 unspecified atom stereocenters. The van der Waals surface area contributed by atoms with Gasteiger partial charge in [0.15, 0.2) is 0 Å². The van der Waals surface area contributed by atoms with Crippen molar-refractivity contribution in [2.75, 3.05) is 13.2 Å². The summed E-state index contributed by atoms with van der Waals surface area (Å²) in [5, 5.41) is 8.90. The molecular formula is C11H15Br2NO3S2. The zero-order valence-corrected chi connectivity index (χ0v) is 15.0. The molecule has 1 aromatic rings. The Morgan fingerprint density at radius 1 is 1.47 bits per heavy atom. The fourth-order valence-corrected chi connectivity index (χ4v) is 7.86. The Hall–Kier alpha value is 0.530. The van der Waals surface area contributed by atoms with Crippen LogP contribution in [0.5, 0.6) is 0 Å². The first-order valence-electron chi connectivity index (χ1n) is 6.04. The molecule has 0 amide bonds. The van der Waals surface area contributed by atoms with Crippen molar-refractivity contribution < 1.29 is 13.5 Å². The van der Waals surface area contributed by atoms with Crippen LogP contribution in [0.2, 0.25) is 0 Å². The molecule has 1 atom stereocenters. The predicted octanol–water partition coefficient (Wildman–Crippen LogP) is 3.20. The maximum absolute atomic E-state index is 12.7. The van der Waals surface area contributed by atoms with Crippen LogP contribution >= 0.6 is 43.2 Å². The van der Waals surface area contributed by atoms with Crippen molar-refractivity contribution in [2.24, 2.45) is 0 Å². The van der Waals surface area contributed by atoms with Crippen molar-refractivity contribution in [3.8, 4) is 0 Å². The molecule has 0 radical (unpaired) electrons. The molecule has 1 aliphatic heterocycles. The van der Waals surface area contributed by atoms with Crippen LogP contribution in [0.3, 0.4) is 0 Å². The van der Waals surface area contributed by atoms with E-state index in [9.17, 15) is 8.42 Å². The van der Waals surface area contributed by atoms with Crippen LogP contribution in [0.4, 0.5) is 0 Å². The molecule has 1 N–H and O–H groups in total. The summed E-state index contributed by atoms with van der Waals surface area (Å²) in [6, 6.07) is 1.66. The number of aliphatic hydroxyl groups excluding tert-OH is 1. The summed E-state index contributed by atoms with van der Waals surface area (Å²) in [7, 11) is -3.44. The number of nitrogens with zero attached hydrogens (tertiary/aromatic N) is 1. The molecule has 0 aliphatic carbocycles. The molecule has 1 aromatic heterocycles. The molecule has 0 saturated carbocycles. The van der Waals surface area contributed by atoms with Gasteiger partial charge in [0.2, 0.25) is 10.0 Å². The second-order valence-corrected chi connectivity index (χ2v) is 10.1. The van der Waals surface area contributed by atoms with Crippen molar-refractivity contribution in [1.82, 2.24) is 4.31 Å². The van der Waals surface area contributed by atoms with E-state index < -0.39 is 10.0 Å². The monoisotopic (exact) mass is 431 g/mol. The number of hydrogen-bond acceptors (Lipinski definition) is 4. The first kappa shape index (κ1) is 15.9. The van der Waals surface area contributed by atoms with Crippen molar-refractivity contribution in [1.29, 1.82) is 0 Å². The highest BCUT2D eigenvalue weighted by atomic mass is 79.9. The van der Waals surface area contributed by atoms with Crippen molar-refractivity contribution in [2.45, 2.75) is 36.6 Å². The average Bonchev–Trinajstić information content (AvgIpc) is 2.93. The lowest BCUT2D eigenvalue weighted by atomic mass is 10.1. The average molecular weight is 433 g/mol. The van der Waals surface area contributed by atoms with Gasteiger partial charge in [-0.3, -0.25) is 0 Å². The fraction of sp³-hybridized carbons (Fsp3) is 0.636. The number of halogens is 2. The van der Waals surface area contributed by atoms with Gasteiger partial charge in [-0.05, 0) is 63.6 Å². The van der Waals surface area contributed by atoms with Crippen LogP contribution < -0.4 is 0 Å². The largest absolute Gasteiger partial charge is 0.396 e. The van der Waals surface area contributed by atoms with Gasteiger partial charge >= 0.3 is 0 Å². The molecule has 8 heteroatoms. The quantitative estimate of drug-likeness (QED) is 0.777. The molecule has 108 valence electrons. The Labute approximate surface area is 134 Å². The number of thiophene rings is 1. The smallest absolute Gasteiger partial charge is 0.245 e. The number of hydrogen-bond donors (Lipinski definition) is 1.